The molecule has 2 aromatic carbocycles. The first-order valence-corrected chi connectivity index (χ1v) is 7.94. The van der Waals surface area contributed by atoms with E-state index in [9.17, 15) is 0 Å². The van der Waals surface area contributed by atoms with Crippen LogP contribution in [-0.2, 0) is 0 Å². The lowest BCUT2D eigenvalue weighted by atomic mass is 10.1. The number of nitrogens with one attached hydrogen (secondary N) is 1. The molecule has 0 saturated carbocycles. The molecule has 1 aliphatic heterocycles. The highest BCUT2D eigenvalue weighted by molar-refractivity contribution is 5.81. The Balaban J connectivity index is 1.61. The van der Waals surface area contributed by atoms with Gasteiger partial charge in [0.2, 0.25) is 0 Å². The van der Waals surface area contributed by atoms with Crippen molar-refractivity contribution in [2.45, 2.75) is 26.7 Å². The Kier molecular flexibility index (Phi) is 4.42. The van der Waals surface area contributed by atoms with E-state index in [1.54, 1.807) is 0 Å². The van der Waals surface area contributed by atoms with Crippen LogP contribution in [0.5, 0.6) is 0 Å². The number of hydrazone groups is 1. The number of hydrogen-bond acceptors (Lipinski definition) is 3. The third-order valence-corrected chi connectivity index (χ3v) is 4.28. The molecule has 0 radical (unpaired) electrons. The van der Waals surface area contributed by atoms with Crippen molar-refractivity contribution in [2.24, 2.45) is 5.10 Å². The summed E-state index contributed by atoms with van der Waals surface area (Å²) in [7, 11) is 0. The maximum atomic E-state index is 4.32. The average Bonchev–Trinajstić information content (AvgIpc) is 3.06. The lowest BCUT2D eigenvalue weighted by Gasteiger charge is -2.17. The van der Waals surface area contributed by atoms with Gasteiger partial charge in [-0.25, -0.2) is 0 Å². The lowest BCUT2D eigenvalue weighted by molar-refractivity contribution is 0.949. The van der Waals surface area contributed by atoms with E-state index in [0.717, 1.165) is 11.3 Å². The minimum Gasteiger partial charge on any atom is -0.372 e. The zero-order valence-electron chi connectivity index (χ0n) is 13.3. The van der Waals surface area contributed by atoms with E-state index >= 15 is 0 Å². The van der Waals surface area contributed by atoms with Gasteiger partial charge in [-0.2, -0.15) is 5.10 Å². The van der Waals surface area contributed by atoms with Gasteiger partial charge in [-0.1, -0.05) is 18.2 Å². The fourth-order valence-corrected chi connectivity index (χ4v) is 2.74. The highest BCUT2D eigenvalue weighted by atomic mass is 15.3. The third kappa shape index (κ3) is 3.48. The van der Waals surface area contributed by atoms with Crippen molar-refractivity contribution in [3.05, 3.63) is 59.2 Å². The van der Waals surface area contributed by atoms with E-state index in [-0.39, 0.29) is 0 Å². The molecule has 0 atom stereocenters. The Morgan fingerprint density at radius 3 is 2.36 bits per heavy atom. The Morgan fingerprint density at radius 2 is 1.68 bits per heavy atom. The molecule has 0 unspecified atom stereocenters. The summed E-state index contributed by atoms with van der Waals surface area (Å²) in [4.78, 5) is 2.44. The van der Waals surface area contributed by atoms with Gasteiger partial charge in [-0.05, 0) is 67.6 Å². The van der Waals surface area contributed by atoms with E-state index < -0.39 is 0 Å². The van der Waals surface area contributed by atoms with Crippen LogP contribution in [0, 0.1) is 13.8 Å². The van der Waals surface area contributed by atoms with E-state index in [0.29, 0.717) is 0 Å². The second-order valence-electron chi connectivity index (χ2n) is 5.95. The van der Waals surface area contributed by atoms with Crippen LogP contribution < -0.4 is 10.3 Å². The van der Waals surface area contributed by atoms with Gasteiger partial charge in [-0.15, -0.1) is 0 Å². The maximum absolute atomic E-state index is 4.32. The normalized spacial score (nSPS) is 14.7. The monoisotopic (exact) mass is 293 g/mol. The highest BCUT2D eigenvalue weighted by Gasteiger charge is 2.11. The van der Waals surface area contributed by atoms with Crippen molar-refractivity contribution in [3.63, 3.8) is 0 Å². The predicted octanol–water partition coefficient (Wildman–Crippen LogP) is 4.35. The van der Waals surface area contributed by atoms with Gasteiger partial charge < -0.3 is 4.90 Å². The molecular formula is C19H23N3. The summed E-state index contributed by atoms with van der Waals surface area (Å²) < 4.78 is 0. The number of rotatable bonds is 4. The van der Waals surface area contributed by atoms with Crippen molar-refractivity contribution in [2.75, 3.05) is 23.4 Å². The topological polar surface area (TPSA) is 27.6 Å². The molecular weight excluding hydrogens is 270 g/mol. The molecule has 0 bridgehead atoms. The number of anilines is 2. The molecule has 22 heavy (non-hydrogen) atoms. The van der Waals surface area contributed by atoms with E-state index in [1.165, 1.54) is 42.7 Å². The second-order valence-corrected chi connectivity index (χ2v) is 5.95. The summed E-state index contributed by atoms with van der Waals surface area (Å²) in [6, 6.07) is 14.9. The average molecular weight is 293 g/mol. The number of aryl methyl sites for hydroxylation is 2. The Bertz CT molecular complexity index is 653. The minimum absolute atomic E-state index is 1.02. The van der Waals surface area contributed by atoms with Gasteiger partial charge in [0.05, 0.1) is 11.9 Å². The van der Waals surface area contributed by atoms with Crippen LogP contribution in [-0.4, -0.2) is 19.3 Å². The number of nitrogens with zero attached hydrogens (tertiary/aromatic N) is 2. The van der Waals surface area contributed by atoms with Gasteiger partial charge in [-0.3, -0.25) is 5.43 Å². The third-order valence-electron chi connectivity index (χ3n) is 4.28. The summed E-state index contributed by atoms with van der Waals surface area (Å²) in [5, 5.41) is 4.32. The molecule has 3 heteroatoms. The van der Waals surface area contributed by atoms with Crippen LogP contribution in [0.25, 0.3) is 0 Å². The lowest BCUT2D eigenvalue weighted by Crippen LogP contribution is -2.17. The molecule has 0 spiro atoms. The van der Waals surface area contributed by atoms with Crippen LogP contribution >= 0.6 is 0 Å². The molecule has 1 heterocycles. The van der Waals surface area contributed by atoms with E-state index in [2.05, 4.69) is 71.7 Å². The molecule has 1 fully saturated rings. The van der Waals surface area contributed by atoms with Gasteiger partial charge in [0.15, 0.2) is 0 Å². The smallest absolute Gasteiger partial charge is 0.0564 e. The molecule has 0 amide bonds. The fraction of sp³-hybridized carbons (Fsp3) is 0.316. The van der Waals surface area contributed by atoms with Crippen LogP contribution in [0.4, 0.5) is 11.4 Å². The SMILES string of the molecule is Cc1ccc(NN=Cc2ccc(N3CCCC3)cc2)cc1C. The summed E-state index contributed by atoms with van der Waals surface area (Å²) in [5.41, 5.74) is 9.11. The van der Waals surface area contributed by atoms with Crippen molar-refractivity contribution >= 4 is 17.6 Å². The maximum Gasteiger partial charge on any atom is 0.0564 e. The van der Waals surface area contributed by atoms with Crippen LogP contribution in [0.2, 0.25) is 0 Å². The Labute approximate surface area is 132 Å². The number of hydrogen-bond donors (Lipinski definition) is 1. The first-order chi connectivity index (χ1) is 10.7. The van der Waals surface area contributed by atoms with Gasteiger partial charge in [0.1, 0.15) is 0 Å². The Hall–Kier alpha value is -2.29. The largest absolute Gasteiger partial charge is 0.372 e. The van der Waals surface area contributed by atoms with E-state index in [1.807, 2.05) is 6.21 Å². The van der Waals surface area contributed by atoms with Crippen LogP contribution in [0.1, 0.15) is 29.5 Å². The number of benzene rings is 2. The standard InChI is InChI=1S/C19H23N3/c1-15-5-8-18(13-16(15)2)21-20-14-17-6-9-19(10-7-17)22-11-3-4-12-22/h5-10,13-14,21H,3-4,11-12H2,1-2H3. The van der Waals surface area contributed by atoms with Gasteiger partial charge in [0.25, 0.3) is 0 Å². The quantitative estimate of drug-likeness (QED) is 0.670. The predicted molar refractivity (Wildman–Crippen MR) is 95.0 cm³/mol. The highest BCUT2D eigenvalue weighted by Crippen LogP contribution is 2.20. The zero-order valence-corrected chi connectivity index (χ0v) is 13.3. The molecule has 2 aromatic rings. The second kappa shape index (κ2) is 6.65. The van der Waals surface area contributed by atoms with Crippen molar-refractivity contribution in [1.82, 2.24) is 0 Å². The Morgan fingerprint density at radius 1 is 0.955 bits per heavy atom. The molecule has 114 valence electrons. The fourth-order valence-electron chi connectivity index (χ4n) is 2.74. The molecule has 3 rings (SSSR count). The molecule has 1 aliphatic rings. The van der Waals surface area contributed by atoms with Crippen molar-refractivity contribution < 1.29 is 0 Å². The van der Waals surface area contributed by atoms with Gasteiger partial charge >= 0.3 is 0 Å². The summed E-state index contributed by atoms with van der Waals surface area (Å²) in [6.07, 6.45) is 4.48. The first-order valence-electron chi connectivity index (χ1n) is 7.94. The zero-order chi connectivity index (χ0) is 15.4. The van der Waals surface area contributed by atoms with Crippen LogP contribution in [0.3, 0.4) is 0 Å². The van der Waals surface area contributed by atoms with Crippen molar-refractivity contribution in [3.8, 4) is 0 Å². The summed E-state index contributed by atoms with van der Waals surface area (Å²) in [6.45, 7) is 6.59. The summed E-state index contributed by atoms with van der Waals surface area (Å²) >= 11 is 0. The molecule has 1 saturated heterocycles. The molecule has 0 aliphatic carbocycles. The molecule has 0 aromatic heterocycles. The molecule has 3 nitrogen and oxygen atoms in total. The van der Waals surface area contributed by atoms with Gasteiger partial charge in [0, 0.05) is 18.8 Å². The summed E-state index contributed by atoms with van der Waals surface area (Å²) in [5.74, 6) is 0. The van der Waals surface area contributed by atoms with Crippen LogP contribution in [0.15, 0.2) is 47.6 Å². The first kappa shape index (κ1) is 14.6. The van der Waals surface area contributed by atoms with E-state index in [4.69, 9.17) is 0 Å². The van der Waals surface area contributed by atoms with Crippen molar-refractivity contribution in [1.29, 1.82) is 0 Å². The molecule has 1 N–H and O–H groups in total. The minimum atomic E-state index is 1.02.